The van der Waals surface area contributed by atoms with Crippen LogP contribution >= 0.6 is 0 Å². The summed E-state index contributed by atoms with van der Waals surface area (Å²) in [6.07, 6.45) is -3.22. The van der Waals surface area contributed by atoms with Crippen molar-refractivity contribution in [1.82, 2.24) is 0 Å². The molecule has 0 radical (unpaired) electrons. The number of methoxy groups -OCH3 is 1. The van der Waals surface area contributed by atoms with Gasteiger partial charge in [0.1, 0.15) is 17.4 Å². The zero-order valence-electron chi connectivity index (χ0n) is 16.1. The Kier molecular flexibility index (Phi) is 6.28. The van der Waals surface area contributed by atoms with Gasteiger partial charge in [-0.15, -0.1) is 0 Å². The number of rotatable bonds is 6. The Balaban J connectivity index is 1.74. The average Bonchev–Trinajstić information content (AvgIpc) is 2.74. The van der Waals surface area contributed by atoms with E-state index in [1.165, 1.54) is 48.4 Å². The highest BCUT2D eigenvalue weighted by molar-refractivity contribution is 6.04. The number of nitrogens with one attached hydrogen (secondary N) is 2. The molecule has 2 aromatic rings. The fourth-order valence-electron chi connectivity index (χ4n) is 3.03. The molecule has 1 aliphatic rings. The summed E-state index contributed by atoms with van der Waals surface area (Å²) in [4.78, 5) is 26.6. The number of hydrogen-bond acceptors (Lipinski definition) is 6. The van der Waals surface area contributed by atoms with Crippen LogP contribution in [-0.4, -0.2) is 55.2 Å². The number of amidine groups is 1. The molecule has 158 valence electrons. The number of ether oxygens (including phenoxy) is 2. The van der Waals surface area contributed by atoms with Crippen molar-refractivity contribution in [3.63, 3.8) is 0 Å². The largest absolute Gasteiger partial charge is 0.494 e. The van der Waals surface area contributed by atoms with Crippen LogP contribution in [0.5, 0.6) is 5.75 Å². The number of carbonyl (C=O) groups is 2. The number of aliphatic hydroxyl groups excluding tert-OH is 1. The number of halogens is 1. The van der Waals surface area contributed by atoms with Gasteiger partial charge in [-0.1, -0.05) is 0 Å². The third-order valence-corrected chi connectivity index (χ3v) is 4.57. The predicted molar refractivity (Wildman–Crippen MR) is 107 cm³/mol. The summed E-state index contributed by atoms with van der Waals surface area (Å²) in [5, 5.41) is 20.3. The van der Waals surface area contributed by atoms with Gasteiger partial charge in [0.2, 0.25) is 0 Å². The van der Waals surface area contributed by atoms with Crippen LogP contribution in [0.3, 0.4) is 0 Å². The lowest BCUT2D eigenvalue weighted by Gasteiger charge is -2.34. The standard InChI is InChI=1S/C20H21FN4O5/c1-29-15-10-12(21)4-7-14(15)25-8-9-30-17(20(25)28)16(26)19(27)24-13-5-2-11(3-6-13)18(22)23/h2-7,10,16-17,26H,8-9H2,1H3,(H3,22,23)(H,24,27). The van der Waals surface area contributed by atoms with Crippen LogP contribution in [0, 0.1) is 11.2 Å². The molecule has 3 rings (SSSR count). The minimum atomic E-state index is -1.78. The molecule has 1 aliphatic heterocycles. The second-order valence-electron chi connectivity index (χ2n) is 6.52. The van der Waals surface area contributed by atoms with Gasteiger partial charge in [0.15, 0.2) is 12.2 Å². The van der Waals surface area contributed by atoms with Gasteiger partial charge in [-0.05, 0) is 36.4 Å². The van der Waals surface area contributed by atoms with Gasteiger partial charge in [0.05, 0.1) is 19.4 Å². The second kappa shape index (κ2) is 8.89. The molecule has 1 fully saturated rings. The number of nitrogen functional groups attached to an aromatic ring is 1. The van der Waals surface area contributed by atoms with Crippen LogP contribution in [-0.2, 0) is 14.3 Å². The van der Waals surface area contributed by atoms with E-state index in [0.717, 1.165) is 6.07 Å². The first-order valence-corrected chi connectivity index (χ1v) is 9.01. The molecule has 30 heavy (non-hydrogen) atoms. The third-order valence-electron chi connectivity index (χ3n) is 4.57. The molecule has 10 heteroatoms. The van der Waals surface area contributed by atoms with E-state index in [9.17, 15) is 19.1 Å². The van der Waals surface area contributed by atoms with Crippen molar-refractivity contribution in [2.24, 2.45) is 5.73 Å². The van der Waals surface area contributed by atoms with Crippen molar-refractivity contribution in [2.45, 2.75) is 12.2 Å². The van der Waals surface area contributed by atoms with Crippen molar-refractivity contribution in [1.29, 1.82) is 5.41 Å². The maximum atomic E-state index is 13.5. The van der Waals surface area contributed by atoms with E-state index in [0.29, 0.717) is 16.9 Å². The van der Waals surface area contributed by atoms with Crippen LogP contribution < -0.4 is 20.7 Å². The maximum Gasteiger partial charge on any atom is 0.259 e. The first-order chi connectivity index (χ1) is 14.3. The summed E-state index contributed by atoms with van der Waals surface area (Å²) >= 11 is 0. The van der Waals surface area contributed by atoms with E-state index >= 15 is 0 Å². The first kappa shape index (κ1) is 21.2. The number of carbonyl (C=O) groups excluding carboxylic acids is 2. The monoisotopic (exact) mass is 416 g/mol. The summed E-state index contributed by atoms with van der Waals surface area (Å²) in [6.45, 7) is 0.215. The van der Waals surface area contributed by atoms with E-state index in [4.69, 9.17) is 20.6 Å². The number of amides is 2. The van der Waals surface area contributed by atoms with E-state index in [1.807, 2.05) is 0 Å². The van der Waals surface area contributed by atoms with Crippen molar-refractivity contribution in [2.75, 3.05) is 30.5 Å². The van der Waals surface area contributed by atoms with Gasteiger partial charge >= 0.3 is 0 Å². The topological polar surface area (TPSA) is 138 Å². The average molecular weight is 416 g/mol. The van der Waals surface area contributed by atoms with Crippen LogP contribution in [0.4, 0.5) is 15.8 Å². The highest BCUT2D eigenvalue weighted by Crippen LogP contribution is 2.31. The van der Waals surface area contributed by atoms with E-state index in [2.05, 4.69) is 5.32 Å². The third kappa shape index (κ3) is 4.39. The molecule has 1 saturated heterocycles. The summed E-state index contributed by atoms with van der Waals surface area (Å²) in [5.74, 6) is -1.99. The summed E-state index contributed by atoms with van der Waals surface area (Å²) in [7, 11) is 1.35. The Bertz CT molecular complexity index is 966. The summed E-state index contributed by atoms with van der Waals surface area (Å²) in [6, 6.07) is 9.81. The van der Waals surface area contributed by atoms with Crippen LogP contribution in [0.2, 0.25) is 0 Å². The molecule has 0 bridgehead atoms. The highest BCUT2D eigenvalue weighted by atomic mass is 19.1. The normalized spacial score (nSPS) is 17.4. The molecule has 0 spiro atoms. The molecule has 0 aliphatic carbocycles. The van der Waals surface area contributed by atoms with Crippen LogP contribution in [0.25, 0.3) is 0 Å². The Morgan fingerprint density at radius 3 is 2.70 bits per heavy atom. The van der Waals surface area contributed by atoms with Gasteiger partial charge < -0.3 is 30.5 Å². The number of aliphatic hydroxyl groups is 1. The fourth-order valence-corrected chi connectivity index (χ4v) is 3.03. The quantitative estimate of drug-likeness (QED) is 0.407. The molecule has 2 atom stereocenters. The van der Waals surface area contributed by atoms with Gasteiger partial charge in [-0.2, -0.15) is 0 Å². The van der Waals surface area contributed by atoms with Crippen molar-refractivity contribution in [3.05, 3.63) is 53.8 Å². The summed E-state index contributed by atoms with van der Waals surface area (Å²) in [5.41, 5.74) is 6.52. The van der Waals surface area contributed by atoms with Gasteiger partial charge in [0, 0.05) is 23.9 Å². The minimum Gasteiger partial charge on any atom is -0.494 e. The van der Waals surface area contributed by atoms with Gasteiger partial charge in [0.25, 0.3) is 11.8 Å². The molecule has 5 N–H and O–H groups in total. The second-order valence-corrected chi connectivity index (χ2v) is 6.52. The smallest absolute Gasteiger partial charge is 0.259 e. The molecule has 0 saturated carbocycles. The molecule has 2 aromatic carbocycles. The Labute approximate surface area is 171 Å². The van der Waals surface area contributed by atoms with Gasteiger partial charge in [-0.25, -0.2) is 4.39 Å². The lowest BCUT2D eigenvalue weighted by atomic mass is 10.1. The lowest BCUT2D eigenvalue weighted by Crippen LogP contribution is -2.55. The van der Waals surface area contributed by atoms with Crippen LogP contribution in [0.1, 0.15) is 5.56 Å². The molecule has 0 aromatic heterocycles. The van der Waals surface area contributed by atoms with Gasteiger partial charge in [-0.3, -0.25) is 15.0 Å². The number of benzene rings is 2. The zero-order chi connectivity index (χ0) is 21.8. The first-order valence-electron chi connectivity index (χ1n) is 9.01. The van der Waals surface area contributed by atoms with E-state index < -0.39 is 29.8 Å². The fraction of sp³-hybridized carbons (Fsp3) is 0.250. The highest BCUT2D eigenvalue weighted by Gasteiger charge is 2.40. The molecular formula is C20H21FN4O5. The number of anilines is 2. The molecular weight excluding hydrogens is 395 g/mol. The predicted octanol–water partition coefficient (Wildman–Crippen LogP) is 0.850. The Morgan fingerprint density at radius 1 is 1.37 bits per heavy atom. The lowest BCUT2D eigenvalue weighted by molar-refractivity contribution is -0.150. The molecule has 2 unspecified atom stereocenters. The number of nitrogens with two attached hydrogens (primary N) is 1. The van der Waals surface area contributed by atoms with Crippen molar-refractivity contribution >= 4 is 29.0 Å². The SMILES string of the molecule is COc1cc(F)ccc1N1CCOC(C(O)C(=O)Nc2ccc(C(=N)N)cc2)C1=O. The van der Waals surface area contributed by atoms with Crippen molar-refractivity contribution in [3.8, 4) is 5.75 Å². The van der Waals surface area contributed by atoms with Crippen molar-refractivity contribution < 1.29 is 28.6 Å². The zero-order valence-corrected chi connectivity index (χ0v) is 16.1. The Hall–Kier alpha value is -3.50. The Morgan fingerprint density at radius 2 is 2.07 bits per heavy atom. The maximum absolute atomic E-state index is 13.5. The molecule has 2 amide bonds. The molecule has 1 heterocycles. The number of morpholine rings is 1. The minimum absolute atomic E-state index is 0.0641. The number of hydrogen-bond donors (Lipinski definition) is 4. The van der Waals surface area contributed by atoms with E-state index in [-0.39, 0.29) is 24.7 Å². The van der Waals surface area contributed by atoms with Crippen LogP contribution in [0.15, 0.2) is 42.5 Å². The summed E-state index contributed by atoms with van der Waals surface area (Å²) < 4.78 is 24.0. The number of nitrogens with zero attached hydrogens (tertiary/aromatic N) is 1. The van der Waals surface area contributed by atoms with E-state index in [1.54, 1.807) is 0 Å². The molecule has 9 nitrogen and oxygen atoms in total.